The molecule has 0 radical (unpaired) electrons. The molecule has 0 unspecified atom stereocenters. The molecular formula is C8H8O7. The normalized spacial score (nSPS) is 11.1. The Balaban J connectivity index is 3.00. The van der Waals surface area contributed by atoms with Gasteiger partial charge in [0, 0.05) is 6.08 Å². The lowest BCUT2D eigenvalue weighted by Gasteiger charge is -2.17. The van der Waals surface area contributed by atoms with Crippen LogP contribution in [-0.2, 0) is 15.5 Å². The van der Waals surface area contributed by atoms with Crippen LogP contribution in [0.3, 0.4) is 0 Å². The van der Waals surface area contributed by atoms with Crippen LogP contribution >= 0.6 is 0 Å². The summed E-state index contributed by atoms with van der Waals surface area (Å²) in [7, 11) is 0. The molecule has 0 spiro atoms. The number of carbonyl (C=O) groups is 1. The Morgan fingerprint density at radius 1 is 1.53 bits per heavy atom. The molecule has 82 valence electrons. The van der Waals surface area contributed by atoms with E-state index in [-0.39, 0.29) is 0 Å². The van der Waals surface area contributed by atoms with E-state index >= 15 is 0 Å². The average Bonchev–Trinajstić information content (AvgIpc) is 2.47. The molecule has 0 saturated carbocycles. The summed E-state index contributed by atoms with van der Waals surface area (Å²) in [4.78, 5) is 10.7. The van der Waals surface area contributed by atoms with Crippen molar-refractivity contribution in [3.63, 3.8) is 0 Å². The van der Waals surface area contributed by atoms with Crippen LogP contribution in [0.1, 0.15) is 5.76 Å². The van der Waals surface area contributed by atoms with E-state index in [1.54, 1.807) is 0 Å². The molecule has 7 nitrogen and oxygen atoms in total. The summed E-state index contributed by atoms with van der Waals surface area (Å²) >= 11 is 0. The predicted octanol–water partition coefficient (Wildman–Crippen LogP) is -0.485. The van der Waals surface area contributed by atoms with E-state index in [4.69, 9.17) is 10.2 Å². The van der Waals surface area contributed by atoms with Crippen molar-refractivity contribution in [2.24, 2.45) is 0 Å². The van der Waals surface area contributed by atoms with Gasteiger partial charge in [-0.1, -0.05) is 6.58 Å². The minimum atomic E-state index is -3.17. The maximum absolute atomic E-state index is 10.7. The molecule has 0 bridgehead atoms. The third kappa shape index (κ3) is 2.09. The third-order valence-corrected chi connectivity index (χ3v) is 1.45. The van der Waals surface area contributed by atoms with Crippen molar-refractivity contribution in [1.29, 1.82) is 0 Å². The number of ether oxygens (including phenoxy) is 1. The van der Waals surface area contributed by atoms with E-state index in [2.05, 4.69) is 15.7 Å². The van der Waals surface area contributed by atoms with Gasteiger partial charge in [-0.2, -0.15) is 0 Å². The molecule has 0 saturated heterocycles. The first-order valence-electron chi connectivity index (χ1n) is 3.68. The van der Waals surface area contributed by atoms with Gasteiger partial charge in [-0.3, -0.25) is 0 Å². The monoisotopic (exact) mass is 216 g/mol. The van der Waals surface area contributed by atoms with E-state index in [9.17, 15) is 15.0 Å². The fraction of sp³-hybridized carbons (Fsp3) is 0.125. The molecule has 0 fully saturated rings. The summed E-state index contributed by atoms with van der Waals surface area (Å²) in [5, 5.41) is 36.3. The zero-order valence-corrected chi connectivity index (χ0v) is 7.38. The number of carbonyl (C=O) groups excluding carboxylic acids is 1. The Morgan fingerprint density at radius 2 is 2.13 bits per heavy atom. The van der Waals surface area contributed by atoms with Crippen LogP contribution in [-0.4, -0.2) is 26.4 Å². The first-order chi connectivity index (χ1) is 6.88. The third-order valence-electron chi connectivity index (χ3n) is 1.45. The van der Waals surface area contributed by atoms with E-state index in [0.717, 1.165) is 0 Å². The zero-order chi connectivity index (χ0) is 11.6. The minimum Gasteiger partial charge on any atom is -0.502 e. The van der Waals surface area contributed by atoms with Crippen LogP contribution in [0.25, 0.3) is 0 Å². The molecule has 1 aromatic rings. The number of hydrogen-bond donors (Lipinski definition) is 4. The second-order valence-corrected chi connectivity index (χ2v) is 2.53. The number of esters is 1. The molecule has 0 atom stereocenters. The average molecular weight is 216 g/mol. The van der Waals surface area contributed by atoms with Gasteiger partial charge in [0.25, 0.3) is 5.76 Å². The quantitative estimate of drug-likeness (QED) is 0.305. The van der Waals surface area contributed by atoms with E-state index in [1.807, 2.05) is 0 Å². The molecule has 4 N–H and O–H groups in total. The van der Waals surface area contributed by atoms with Crippen LogP contribution in [0, 0.1) is 0 Å². The summed E-state index contributed by atoms with van der Waals surface area (Å²) in [5.41, 5.74) is 0. The molecule has 0 aliphatic carbocycles. The highest BCUT2D eigenvalue weighted by molar-refractivity contribution is 5.81. The maximum Gasteiger partial charge on any atom is 0.392 e. The first-order valence-corrected chi connectivity index (χ1v) is 3.68. The van der Waals surface area contributed by atoms with Crippen LogP contribution in [0.2, 0.25) is 0 Å². The second-order valence-electron chi connectivity index (χ2n) is 2.53. The van der Waals surface area contributed by atoms with Gasteiger partial charge in [0.15, 0.2) is 5.75 Å². The number of hydrogen-bond acceptors (Lipinski definition) is 7. The van der Waals surface area contributed by atoms with Gasteiger partial charge >= 0.3 is 11.9 Å². The Bertz CT molecular complexity index is 390. The molecule has 15 heavy (non-hydrogen) atoms. The lowest BCUT2D eigenvalue weighted by atomic mass is 10.3. The van der Waals surface area contributed by atoms with Crippen molar-refractivity contribution in [2.45, 2.75) is 5.97 Å². The van der Waals surface area contributed by atoms with Crippen molar-refractivity contribution >= 4 is 5.97 Å². The minimum absolute atomic E-state index is 0.646. The number of furan rings is 1. The highest BCUT2D eigenvalue weighted by Crippen LogP contribution is 2.37. The number of aromatic hydroxyl groups is 2. The standard InChI is InChI=1S/C8H8O7/c1-2-5(10)15-8(12,13)7-6(11)4(9)3-14-7/h2-3,9,11-13H,1H2. The molecule has 0 aromatic carbocycles. The van der Waals surface area contributed by atoms with Crippen LogP contribution in [0.4, 0.5) is 0 Å². The summed E-state index contributed by atoms with van der Waals surface area (Å²) in [6, 6.07) is 0. The summed E-state index contributed by atoms with van der Waals surface area (Å²) in [5.74, 6) is -6.87. The van der Waals surface area contributed by atoms with Gasteiger partial charge < -0.3 is 29.6 Å². The van der Waals surface area contributed by atoms with Gasteiger partial charge in [-0.25, -0.2) is 4.79 Å². The molecule has 1 rings (SSSR count). The largest absolute Gasteiger partial charge is 0.502 e. The van der Waals surface area contributed by atoms with E-state index in [1.165, 1.54) is 0 Å². The van der Waals surface area contributed by atoms with Gasteiger partial charge in [-0.15, -0.1) is 0 Å². The topological polar surface area (TPSA) is 120 Å². The molecule has 0 amide bonds. The Labute approximate surface area is 83.4 Å². The zero-order valence-electron chi connectivity index (χ0n) is 7.38. The first kappa shape index (κ1) is 11.1. The van der Waals surface area contributed by atoms with Crippen molar-refractivity contribution in [1.82, 2.24) is 0 Å². The lowest BCUT2D eigenvalue weighted by Crippen LogP contribution is -2.30. The van der Waals surface area contributed by atoms with Gasteiger partial charge in [0.05, 0.1) is 0 Å². The highest BCUT2D eigenvalue weighted by atomic mass is 16.8. The maximum atomic E-state index is 10.7. The fourth-order valence-electron chi connectivity index (χ4n) is 0.802. The Morgan fingerprint density at radius 3 is 2.53 bits per heavy atom. The lowest BCUT2D eigenvalue weighted by molar-refractivity contribution is -0.337. The van der Waals surface area contributed by atoms with Crippen molar-refractivity contribution in [3.05, 3.63) is 24.7 Å². The second kappa shape index (κ2) is 3.64. The molecule has 7 heteroatoms. The Kier molecular flexibility index (Phi) is 2.69. The predicted molar refractivity (Wildman–Crippen MR) is 44.4 cm³/mol. The van der Waals surface area contributed by atoms with E-state index < -0.39 is 29.2 Å². The summed E-state index contributed by atoms with van der Waals surface area (Å²) < 4.78 is 8.45. The summed E-state index contributed by atoms with van der Waals surface area (Å²) in [6.07, 6.45) is 1.33. The van der Waals surface area contributed by atoms with Crippen LogP contribution in [0.15, 0.2) is 23.3 Å². The van der Waals surface area contributed by atoms with Crippen LogP contribution in [0.5, 0.6) is 11.5 Å². The van der Waals surface area contributed by atoms with Crippen molar-refractivity contribution < 1.29 is 34.4 Å². The van der Waals surface area contributed by atoms with Gasteiger partial charge in [-0.05, 0) is 0 Å². The molecule has 1 heterocycles. The Hall–Kier alpha value is -1.99. The van der Waals surface area contributed by atoms with Crippen molar-refractivity contribution in [2.75, 3.05) is 0 Å². The van der Waals surface area contributed by atoms with E-state index in [0.29, 0.717) is 12.3 Å². The summed E-state index contributed by atoms with van der Waals surface area (Å²) in [6.45, 7) is 3.03. The SMILES string of the molecule is C=CC(=O)OC(O)(O)c1occ(O)c1O. The van der Waals surface area contributed by atoms with Crippen molar-refractivity contribution in [3.8, 4) is 11.5 Å². The molecule has 0 aliphatic rings. The molecule has 1 aromatic heterocycles. The number of aliphatic hydroxyl groups is 2. The van der Waals surface area contributed by atoms with Gasteiger partial charge in [0.1, 0.15) is 6.26 Å². The fourth-order valence-corrected chi connectivity index (χ4v) is 0.802. The highest BCUT2D eigenvalue weighted by Gasteiger charge is 2.39. The molecular weight excluding hydrogens is 208 g/mol. The molecule has 0 aliphatic heterocycles. The number of rotatable bonds is 3. The smallest absolute Gasteiger partial charge is 0.392 e. The van der Waals surface area contributed by atoms with Crippen LogP contribution < -0.4 is 0 Å². The van der Waals surface area contributed by atoms with Gasteiger partial charge in [0.2, 0.25) is 5.75 Å².